The monoisotopic (exact) mass is 1140 g/mol. The molecule has 0 rings (SSSR count). The molecule has 3 N–H and O–H groups in total. The summed E-state index contributed by atoms with van der Waals surface area (Å²) in [6.07, 6.45) is 95.5. The molecule has 0 fully saturated rings. The number of unbranched alkanes of at least 4 members (excludes halogenated alkanes) is 16. The molecular weight excluding hydrogens is 1030 g/mol. The van der Waals surface area contributed by atoms with Gasteiger partial charge in [-0.1, -0.05) is 261 Å². The standard InChI is InChI=1S/C71H114NO8P/c1-3-5-7-9-11-13-15-17-19-21-23-25-27-29-30-31-32-33-34-35-36-37-38-40-42-44-46-48-50-52-54-56-58-60-62-64-71(74)80-69(68-79-81(75,76)78-66-65-72)67-77-70(73)63-61-59-57-55-53-51-49-47-45-43-41-39-28-26-24-22-20-18-16-14-12-10-8-6-4-2/h5-8,11-14,17-20,23-26,29-30,32-33,35-36,38-41,44,46,69H,3-4,9-10,15-16,21-22,27-28,31,34,37,42-43,45,47-68,72H2,1-2H3,(H,75,76)/b7-5-,8-6-,13-11-,14-12-,19-17-,20-18-,25-23-,26-24-,30-29-,33-32-,36-35-,40-38-,41-39-,46-44-. The predicted molar refractivity (Wildman–Crippen MR) is 348 cm³/mol. The summed E-state index contributed by atoms with van der Waals surface area (Å²) in [5, 5.41) is 0. The van der Waals surface area contributed by atoms with E-state index in [0.717, 1.165) is 148 Å². The summed E-state index contributed by atoms with van der Waals surface area (Å²) >= 11 is 0. The van der Waals surface area contributed by atoms with E-state index in [-0.39, 0.29) is 32.6 Å². The van der Waals surface area contributed by atoms with Gasteiger partial charge in [0.15, 0.2) is 6.10 Å². The minimum atomic E-state index is -4.41. The first-order valence-corrected chi connectivity index (χ1v) is 33.1. The number of ether oxygens (including phenoxy) is 2. The molecule has 0 aliphatic heterocycles. The second-order valence-electron chi connectivity index (χ2n) is 20.2. The summed E-state index contributed by atoms with van der Waals surface area (Å²) in [7, 11) is -4.41. The van der Waals surface area contributed by atoms with E-state index in [0.29, 0.717) is 12.8 Å². The van der Waals surface area contributed by atoms with Crippen LogP contribution in [-0.4, -0.2) is 49.3 Å². The Hall–Kier alpha value is -4.63. The number of allylic oxidation sites excluding steroid dienone is 28. The van der Waals surface area contributed by atoms with E-state index >= 15 is 0 Å². The fourth-order valence-corrected chi connectivity index (χ4v) is 8.77. The fourth-order valence-electron chi connectivity index (χ4n) is 8.01. The van der Waals surface area contributed by atoms with Crippen molar-refractivity contribution in [2.45, 2.75) is 238 Å². The van der Waals surface area contributed by atoms with Crippen LogP contribution in [0.1, 0.15) is 232 Å². The van der Waals surface area contributed by atoms with Crippen molar-refractivity contribution in [2.75, 3.05) is 26.4 Å². The molecular formula is C71H114NO8P. The van der Waals surface area contributed by atoms with Crippen LogP contribution in [0.25, 0.3) is 0 Å². The van der Waals surface area contributed by atoms with Crippen LogP contribution < -0.4 is 5.73 Å². The van der Waals surface area contributed by atoms with E-state index in [2.05, 4.69) is 184 Å². The molecule has 0 spiro atoms. The minimum absolute atomic E-state index is 0.0412. The van der Waals surface area contributed by atoms with Gasteiger partial charge in [0.2, 0.25) is 0 Å². The third-order valence-corrected chi connectivity index (χ3v) is 13.6. The molecule has 9 nitrogen and oxygen atoms in total. The van der Waals surface area contributed by atoms with Gasteiger partial charge in [-0.05, 0) is 128 Å². The first kappa shape index (κ1) is 76.4. The zero-order valence-electron chi connectivity index (χ0n) is 50.9. The van der Waals surface area contributed by atoms with Crippen molar-refractivity contribution < 1.29 is 37.6 Å². The molecule has 0 radical (unpaired) electrons. The van der Waals surface area contributed by atoms with Crippen molar-refractivity contribution in [3.05, 3.63) is 170 Å². The second kappa shape index (κ2) is 64.5. The highest BCUT2D eigenvalue weighted by atomic mass is 31.2. The lowest BCUT2D eigenvalue weighted by Crippen LogP contribution is -2.29. The first-order valence-electron chi connectivity index (χ1n) is 31.6. The highest BCUT2D eigenvalue weighted by molar-refractivity contribution is 7.47. The van der Waals surface area contributed by atoms with Gasteiger partial charge in [-0.2, -0.15) is 0 Å². The Balaban J connectivity index is 4.05. The molecule has 456 valence electrons. The van der Waals surface area contributed by atoms with E-state index in [1.54, 1.807) is 0 Å². The lowest BCUT2D eigenvalue weighted by atomic mass is 10.1. The largest absolute Gasteiger partial charge is 0.472 e. The summed E-state index contributed by atoms with van der Waals surface area (Å²) in [4.78, 5) is 35.3. The Labute approximate surface area is 495 Å². The van der Waals surface area contributed by atoms with Gasteiger partial charge >= 0.3 is 19.8 Å². The molecule has 0 aliphatic rings. The third-order valence-electron chi connectivity index (χ3n) is 12.6. The molecule has 0 aromatic rings. The van der Waals surface area contributed by atoms with E-state index in [4.69, 9.17) is 24.3 Å². The van der Waals surface area contributed by atoms with E-state index in [1.165, 1.54) is 44.9 Å². The number of hydrogen-bond donors (Lipinski definition) is 2. The lowest BCUT2D eigenvalue weighted by molar-refractivity contribution is -0.161. The van der Waals surface area contributed by atoms with Crippen molar-refractivity contribution in [3.63, 3.8) is 0 Å². The van der Waals surface area contributed by atoms with Crippen molar-refractivity contribution in [3.8, 4) is 0 Å². The van der Waals surface area contributed by atoms with Gasteiger partial charge in [0, 0.05) is 19.4 Å². The highest BCUT2D eigenvalue weighted by Gasteiger charge is 2.26. The number of phosphoric ester groups is 1. The average molecular weight is 1140 g/mol. The number of phosphoric acid groups is 1. The van der Waals surface area contributed by atoms with E-state index in [1.807, 2.05) is 0 Å². The average Bonchev–Trinajstić information content (AvgIpc) is 3.46. The number of esters is 2. The lowest BCUT2D eigenvalue weighted by Gasteiger charge is -2.19. The van der Waals surface area contributed by atoms with Gasteiger partial charge in [-0.15, -0.1) is 0 Å². The number of carbonyl (C=O) groups excluding carboxylic acids is 2. The minimum Gasteiger partial charge on any atom is -0.462 e. The zero-order chi connectivity index (χ0) is 58.7. The van der Waals surface area contributed by atoms with E-state index < -0.39 is 32.5 Å². The van der Waals surface area contributed by atoms with Crippen molar-refractivity contribution in [1.29, 1.82) is 0 Å². The normalized spacial score (nSPS) is 14.2. The molecule has 0 aliphatic carbocycles. The third kappa shape index (κ3) is 64.4. The second-order valence-corrected chi connectivity index (χ2v) is 21.6. The SMILES string of the molecule is CC/C=C\C/C=C\C/C=C\C/C=C\C/C=C\C/C=C\C/C=C\C/C=C\C/C=C\CCCCCCCCCC(=O)OC(COC(=O)CCCCCCCCCCC/C=C\C/C=C\C/C=C\C/C=C\C/C=C\CC)COP(=O)(O)OCCN. The van der Waals surface area contributed by atoms with Crippen LogP contribution in [0.4, 0.5) is 0 Å². The Bertz CT molecular complexity index is 1930. The molecule has 81 heavy (non-hydrogen) atoms. The topological polar surface area (TPSA) is 134 Å². The van der Waals surface area contributed by atoms with Crippen LogP contribution in [0.15, 0.2) is 170 Å². The van der Waals surface area contributed by atoms with Gasteiger partial charge in [-0.3, -0.25) is 18.6 Å². The molecule has 0 bridgehead atoms. The Morgan fingerprint density at radius 1 is 0.370 bits per heavy atom. The van der Waals surface area contributed by atoms with Crippen LogP contribution in [0.2, 0.25) is 0 Å². The van der Waals surface area contributed by atoms with Gasteiger partial charge in [-0.25, -0.2) is 4.57 Å². The molecule has 2 atom stereocenters. The molecule has 0 saturated heterocycles. The van der Waals surface area contributed by atoms with Gasteiger partial charge in [0.25, 0.3) is 0 Å². The van der Waals surface area contributed by atoms with Crippen LogP contribution >= 0.6 is 7.82 Å². The number of hydrogen-bond acceptors (Lipinski definition) is 8. The first-order chi connectivity index (χ1) is 39.8. The van der Waals surface area contributed by atoms with Crippen LogP contribution in [0.3, 0.4) is 0 Å². The number of rotatable bonds is 57. The van der Waals surface area contributed by atoms with Crippen molar-refractivity contribution >= 4 is 19.8 Å². The molecule has 0 aromatic carbocycles. The quantitative estimate of drug-likeness (QED) is 0.0264. The van der Waals surface area contributed by atoms with Gasteiger partial charge < -0.3 is 20.1 Å². The Kier molecular flexibility index (Phi) is 60.8. The molecule has 0 amide bonds. The maximum Gasteiger partial charge on any atom is 0.472 e. The van der Waals surface area contributed by atoms with Crippen LogP contribution in [0.5, 0.6) is 0 Å². The highest BCUT2D eigenvalue weighted by Crippen LogP contribution is 2.43. The molecule has 2 unspecified atom stereocenters. The summed E-state index contributed by atoms with van der Waals surface area (Å²) in [5.74, 6) is -0.859. The Morgan fingerprint density at radius 2 is 0.642 bits per heavy atom. The maximum absolute atomic E-state index is 12.7. The van der Waals surface area contributed by atoms with Crippen molar-refractivity contribution in [1.82, 2.24) is 0 Å². The van der Waals surface area contributed by atoms with Gasteiger partial charge in [0.05, 0.1) is 13.2 Å². The van der Waals surface area contributed by atoms with Crippen molar-refractivity contribution in [2.24, 2.45) is 5.73 Å². The molecule has 0 aromatic heterocycles. The zero-order valence-corrected chi connectivity index (χ0v) is 51.8. The van der Waals surface area contributed by atoms with Crippen LogP contribution in [-0.2, 0) is 32.7 Å². The maximum atomic E-state index is 12.7. The number of nitrogens with two attached hydrogens (primary N) is 1. The summed E-state index contributed by atoms with van der Waals surface area (Å²) in [5.41, 5.74) is 5.39. The van der Waals surface area contributed by atoms with E-state index in [9.17, 15) is 19.0 Å². The molecule has 0 saturated carbocycles. The predicted octanol–water partition coefficient (Wildman–Crippen LogP) is 20.6. The Morgan fingerprint density at radius 3 is 0.951 bits per heavy atom. The van der Waals surface area contributed by atoms with Crippen LogP contribution in [0, 0.1) is 0 Å². The fraction of sp³-hybridized carbons (Fsp3) is 0.577. The smallest absolute Gasteiger partial charge is 0.462 e. The molecule has 0 heterocycles. The summed E-state index contributed by atoms with van der Waals surface area (Å²) in [6, 6.07) is 0. The summed E-state index contributed by atoms with van der Waals surface area (Å²) in [6.45, 7) is 3.48. The number of carbonyl (C=O) groups is 2. The summed E-state index contributed by atoms with van der Waals surface area (Å²) < 4.78 is 33.1. The molecule has 10 heteroatoms. The van der Waals surface area contributed by atoms with Gasteiger partial charge in [0.1, 0.15) is 6.61 Å².